The van der Waals surface area contributed by atoms with Crippen molar-refractivity contribution in [3.63, 3.8) is 0 Å². The Morgan fingerprint density at radius 3 is 2.39 bits per heavy atom. The summed E-state index contributed by atoms with van der Waals surface area (Å²) < 4.78 is 16.4. The van der Waals surface area contributed by atoms with Gasteiger partial charge >= 0.3 is 0 Å². The molecule has 18 heavy (non-hydrogen) atoms. The predicted octanol–water partition coefficient (Wildman–Crippen LogP) is 3.97. The monoisotopic (exact) mass is 252 g/mol. The zero-order valence-corrected chi connectivity index (χ0v) is 12.0. The van der Waals surface area contributed by atoms with Gasteiger partial charge in [-0.05, 0) is 43.9 Å². The number of benzene rings is 1. The minimum Gasteiger partial charge on any atom is -0.493 e. The maximum Gasteiger partial charge on any atom is 0.197 e. The molecule has 0 aliphatic carbocycles. The molecule has 0 aliphatic heterocycles. The van der Waals surface area contributed by atoms with E-state index >= 15 is 0 Å². The molecule has 1 aromatic carbocycles. The van der Waals surface area contributed by atoms with Crippen LogP contribution in [0, 0.1) is 0 Å². The number of hydrogen-bond donors (Lipinski definition) is 0. The molecular formula is C15H24O3. The second kappa shape index (κ2) is 7.27. The average molecular weight is 252 g/mol. The van der Waals surface area contributed by atoms with Crippen LogP contribution in [0.15, 0.2) is 18.2 Å². The molecule has 0 spiro atoms. The minimum absolute atomic E-state index is 0.265. The third-order valence-electron chi connectivity index (χ3n) is 3.06. The fourth-order valence-corrected chi connectivity index (χ4v) is 1.77. The quantitative estimate of drug-likeness (QED) is 0.687. The first-order valence-electron chi connectivity index (χ1n) is 6.58. The maximum atomic E-state index is 5.70. The fourth-order valence-electron chi connectivity index (χ4n) is 1.77. The second-order valence-corrected chi connectivity index (χ2v) is 4.36. The molecule has 1 rings (SSSR count). The molecule has 3 nitrogen and oxygen atoms in total. The maximum absolute atomic E-state index is 5.70. The average Bonchev–Trinajstić information content (AvgIpc) is 2.38. The highest BCUT2D eigenvalue weighted by Gasteiger charge is 2.12. The molecule has 0 aliphatic rings. The summed E-state index contributed by atoms with van der Waals surface area (Å²) >= 11 is 0. The van der Waals surface area contributed by atoms with E-state index in [1.807, 2.05) is 26.0 Å². The van der Waals surface area contributed by atoms with E-state index in [2.05, 4.69) is 19.9 Å². The van der Waals surface area contributed by atoms with Gasteiger partial charge in [0.05, 0.1) is 7.11 Å². The first-order chi connectivity index (χ1) is 8.62. The van der Waals surface area contributed by atoms with Crippen molar-refractivity contribution in [3.05, 3.63) is 23.8 Å². The Morgan fingerprint density at radius 1 is 1.11 bits per heavy atom. The summed E-state index contributed by atoms with van der Waals surface area (Å²) in [5.74, 6) is 2.02. The highest BCUT2D eigenvalue weighted by atomic mass is 16.7. The highest BCUT2D eigenvalue weighted by Crippen LogP contribution is 2.32. The lowest BCUT2D eigenvalue weighted by Gasteiger charge is -2.18. The first kappa shape index (κ1) is 14.8. The summed E-state index contributed by atoms with van der Waals surface area (Å²) in [5, 5.41) is 0. The Bertz CT molecular complexity index is 363. The minimum atomic E-state index is -0.265. The molecule has 102 valence electrons. The third-order valence-corrected chi connectivity index (χ3v) is 3.06. The number of hydrogen-bond acceptors (Lipinski definition) is 3. The van der Waals surface area contributed by atoms with Gasteiger partial charge in [-0.15, -0.1) is 0 Å². The van der Waals surface area contributed by atoms with Gasteiger partial charge in [-0.1, -0.05) is 19.9 Å². The lowest BCUT2D eigenvalue weighted by atomic mass is 9.98. The van der Waals surface area contributed by atoms with E-state index in [0.717, 1.165) is 17.9 Å². The van der Waals surface area contributed by atoms with Crippen LogP contribution < -0.4 is 9.47 Å². The number of ether oxygens (including phenoxy) is 3. The first-order valence-corrected chi connectivity index (χ1v) is 6.58. The van der Waals surface area contributed by atoms with Crippen LogP contribution in [0.2, 0.25) is 0 Å². The molecule has 1 aromatic rings. The molecule has 0 N–H and O–H groups in total. The van der Waals surface area contributed by atoms with Gasteiger partial charge in [-0.25, -0.2) is 0 Å². The van der Waals surface area contributed by atoms with Crippen LogP contribution in [0.25, 0.3) is 0 Å². The summed E-state index contributed by atoms with van der Waals surface area (Å²) in [4.78, 5) is 0. The van der Waals surface area contributed by atoms with Crippen LogP contribution in [0.1, 0.15) is 45.6 Å². The Balaban J connectivity index is 2.86. The van der Waals surface area contributed by atoms with Gasteiger partial charge in [0.25, 0.3) is 0 Å². The van der Waals surface area contributed by atoms with Gasteiger partial charge in [0.15, 0.2) is 17.8 Å². The van der Waals surface area contributed by atoms with E-state index in [-0.39, 0.29) is 6.29 Å². The molecule has 0 saturated heterocycles. The van der Waals surface area contributed by atoms with E-state index in [1.165, 1.54) is 5.56 Å². The van der Waals surface area contributed by atoms with Crippen molar-refractivity contribution >= 4 is 0 Å². The van der Waals surface area contributed by atoms with Crippen LogP contribution in [0.3, 0.4) is 0 Å². The zero-order chi connectivity index (χ0) is 13.5. The van der Waals surface area contributed by atoms with Gasteiger partial charge in [0, 0.05) is 6.61 Å². The SMILES string of the molecule is CCO[C@@H](C)Oc1ccc(C(C)CC)cc1OC. The van der Waals surface area contributed by atoms with Crippen molar-refractivity contribution in [1.82, 2.24) is 0 Å². The van der Waals surface area contributed by atoms with Crippen LogP contribution >= 0.6 is 0 Å². The molecule has 0 aromatic heterocycles. The van der Waals surface area contributed by atoms with Crippen molar-refractivity contribution in [2.24, 2.45) is 0 Å². The van der Waals surface area contributed by atoms with E-state index in [9.17, 15) is 0 Å². The van der Waals surface area contributed by atoms with E-state index in [4.69, 9.17) is 14.2 Å². The summed E-state index contributed by atoms with van der Waals surface area (Å²) in [7, 11) is 1.66. The molecule has 0 radical (unpaired) electrons. The molecule has 2 atom stereocenters. The van der Waals surface area contributed by atoms with E-state index in [0.29, 0.717) is 12.5 Å². The van der Waals surface area contributed by atoms with Crippen molar-refractivity contribution in [2.75, 3.05) is 13.7 Å². The predicted molar refractivity (Wildman–Crippen MR) is 73.4 cm³/mol. The Kier molecular flexibility index (Phi) is 5.99. The normalized spacial score (nSPS) is 14.1. The molecule has 0 heterocycles. The summed E-state index contributed by atoms with van der Waals surface area (Å²) in [5.41, 5.74) is 1.27. The van der Waals surface area contributed by atoms with Gasteiger partial charge in [0.1, 0.15) is 0 Å². The van der Waals surface area contributed by atoms with Crippen molar-refractivity contribution in [3.8, 4) is 11.5 Å². The Morgan fingerprint density at radius 2 is 1.83 bits per heavy atom. The van der Waals surface area contributed by atoms with Gasteiger partial charge in [0.2, 0.25) is 0 Å². The molecule has 0 amide bonds. The van der Waals surface area contributed by atoms with E-state index < -0.39 is 0 Å². The third kappa shape index (κ3) is 3.91. The molecule has 1 unspecified atom stereocenters. The lowest BCUT2D eigenvalue weighted by Crippen LogP contribution is -2.16. The smallest absolute Gasteiger partial charge is 0.197 e. The molecule has 0 bridgehead atoms. The van der Waals surface area contributed by atoms with Crippen molar-refractivity contribution in [2.45, 2.75) is 46.3 Å². The van der Waals surface area contributed by atoms with Gasteiger partial charge in [-0.3, -0.25) is 0 Å². The van der Waals surface area contributed by atoms with Gasteiger partial charge < -0.3 is 14.2 Å². The summed E-state index contributed by atoms with van der Waals surface area (Å²) in [6.07, 6.45) is 0.844. The van der Waals surface area contributed by atoms with Crippen LogP contribution in [0.4, 0.5) is 0 Å². The second-order valence-electron chi connectivity index (χ2n) is 4.36. The van der Waals surface area contributed by atoms with E-state index in [1.54, 1.807) is 7.11 Å². The van der Waals surface area contributed by atoms with Crippen LogP contribution in [0.5, 0.6) is 11.5 Å². The Hall–Kier alpha value is -1.22. The number of rotatable bonds is 7. The molecule has 0 saturated carbocycles. The standard InChI is InChI=1S/C15H24O3/c1-6-11(3)13-8-9-14(15(10-13)16-5)18-12(4)17-7-2/h8-12H,6-7H2,1-5H3/t11?,12-/m1/s1. The lowest BCUT2D eigenvalue weighted by molar-refractivity contribution is -0.0623. The molecule has 3 heteroatoms. The molecule has 0 fully saturated rings. The summed E-state index contributed by atoms with van der Waals surface area (Å²) in [6.45, 7) is 8.85. The summed E-state index contributed by atoms with van der Waals surface area (Å²) in [6, 6.07) is 6.09. The molecular weight excluding hydrogens is 228 g/mol. The van der Waals surface area contributed by atoms with Crippen LogP contribution in [-0.2, 0) is 4.74 Å². The van der Waals surface area contributed by atoms with Crippen LogP contribution in [-0.4, -0.2) is 20.0 Å². The van der Waals surface area contributed by atoms with Crippen molar-refractivity contribution in [1.29, 1.82) is 0 Å². The van der Waals surface area contributed by atoms with Crippen molar-refractivity contribution < 1.29 is 14.2 Å². The largest absolute Gasteiger partial charge is 0.493 e. The number of methoxy groups -OCH3 is 1. The Labute approximate surface area is 110 Å². The van der Waals surface area contributed by atoms with Gasteiger partial charge in [-0.2, -0.15) is 0 Å². The topological polar surface area (TPSA) is 27.7 Å². The fraction of sp³-hybridized carbons (Fsp3) is 0.600. The zero-order valence-electron chi connectivity index (χ0n) is 12.0. The highest BCUT2D eigenvalue weighted by molar-refractivity contribution is 5.43.